The predicted octanol–water partition coefficient (Wildman–Crippen LogP) is 2.90. The quantitative estimate of drug-likeness (QED) is 0.910. The van der Waals surface area contributed by atoms with Gasteiger partial charge >= 0.3 is 0 Å². The highest BCUT2D eigenvalue weighted by Gasteiger charge is 2.19. The van der Waals surface area contributed by atoms with Crippen molar-refractivity contribution in [1.29, 1.82) is 0 Å². The molecular weight excluding hydrogens is 269 g/mol. The number of hydrogen-bond donors (Lipinski definition) is 2. The van der Waals surface area contributed by atoms with Crippen LogP contribution >= 0.6 is 0 Å². The molecule has 106 valence electrons. The van der Waals surface area contributed by atoms with Gasteiger partial charge in [0.25, 0.3) is 5.91 Å². The third kappa shape index (κ3) is 2.71. The molecule has 0 saturated heterocycles. The van der Waals surface area contributed by atoms with Crippen molar-refractivity contribution in [3.05, 3.63) is 70.5 Å². The van der Waals surface area contributed by atoms with Crippen LogP contribution in [0.25, 0.3) is 6.08 Å². The van der Waals surface area contributed by atoms with Crippen LogP contribution in [0.1, 0.15) is 16.7 Å². The minimum atomic E-state index is -0.308. The van der Waals surface area contributed by atoms with Crippen LogP contribution in [0.3, 0.4) is 0 Å². The average molecular weight is 283 g/mol. The standard InChI is InChI=1S/C17H14FNO2/c18-15-6-5-11-7-14(8-13(11)9-15)17(21)19-16-4-2-1-3-12(16)10-20/h1-6,8-9,20H,7,10H2,(H,19,21). The fourth-order valence-corrected chi connectivity index (χ4v) is 2.43. The Hall–Kier alpha value is -2.46. The van der Waals surface area contributed by atoms with Crippen molar-refractivity contribution in [1.82, 2.24) is 0 Å². The molecule has 4 heteroatoms. The predicted molar refractivity (Wildman–Crippen MR) is 79.1 cm³/mol. The SMILES string of the molecule is O=C(Nc1ccccc1CO)C1=Cc2cc(F)ccc2C1. The van der Waals surface area contributed by atoms with E-state index in [9.17, 15) is 14.3 Å². The molecule has 0 saturated carbocycles. The first-order valence-corrected chi connectivity index (χ1v) is 6.66. The zero-order chi connectivity index (χ0) is 14.8. The maximum Gasteiger partial charge on any atom is 0.251 e. The highest BCUT2D eigenvalue weighted by molar-refractivity contribution is 6.08. The number of carbonyl (C=O) groups excluding carboxylic acids is 1. The minimum Gasteiger partial charge on any atom is -0.392 e. The lowest BCUT2D eigenvalue weighted by molar-refractivity contribution is -0.112. The number of amides is 1. The molecular formula is C17H14FNO2. The van der Waals surface area contributed by atoms with Gasteiger partial charge in [-0.1, -0.05) is 24.3 Å². The summed E-state index contributed by atoms with van der Waals surface area (Å²) in [6.07, 6.45) is 2.19. The monoisotopic (exact) mass is 283 g/mol. The van der Waals surface area contributed by atoms with Crippen LogP contribution < -0.4 is 5.32 Å². The fraction of sp³-hybridized carbons (Fsp3) is 0.118. The zero-order valence-electron chi connectivity index (χ0n) is 11.3. The van der Waals surface area contributed by atoms with Crippen molar-refractivity contribution >= 4 is 17.7 Å². The third-order valence-corrected chi connectivity index (χ3v) is 3.55. The van der Waals surface area contributed by atoms with Crippen LogP contribution in [0, 0.1) is 5.82 Å². The molecule has 0 bridgehead atoms. The smallest absolute Gasteiger partial charge is 0.251 e. The summed E-state index contributed by atoms with van der Waals surface area (Å²) in [5.74, 6) is -0.537. The third-order valence-electron chi connectivity index (χ3n) is 3.55. The van der Waals surface area contributed by atoms with Crippen molar-refractivity contribution in [3.63, 3.8) is 0 Å². The van der Waals surface area contributed by atoms with Crippen molar-refractivity contribution in [2.24, 2.45) is 0 Å². The van der Waals surface area contributed by atoms with E-state index in [1.807, 2.05) is 0 Å². The van der Waals surface area contributed by atoms with Crippen LogP contribution in [0.15, 0.2) is 48.0 Å². The molecule has 1 amide bonds. The average Bonchev–Trinajstić information content (AvgIpc) is 2.91. The zero-order valence-corrected chi connectivity index (χ0v) is 11.3. The second-order valence-corrected chi connectivity index (χ2v) is 4.96. The number of hydrogen-bond acceptors (Lipinski definition) is 2. The number of fused-ring (bicyclic) bond motifs is 1. The molecule has 0 heterocycles. The van der Waals surface area contributed by atoms with Gasteiger partial charge in [-0.3, -0.25) is 4.79 Å². The van der Waals surface area contributed by atoms with E-state index >= 15 is 0 Å². The molecule has 0 fully saturated rings. The lowest BCUT2D eigenvalue weighted by atomic mass is 10.1. The van der Waals surface area contributed by atoms with Gasteiger partial charge in [-0.2, -0.15) is 0 Å². The van der Waals surface area contributed by atoms with E-state index in [0.717, 1.165) is 11.1 Å². The highest BCUT2D eigenvalue weighted by atomic mass is 19.1. The number of aliphatic hydroxyl groups is 1. The Bertz CT molecular complexity index is 737. The van der Waals surface area contributed by atoms with E-state index in [0.29, 0.717) is 23.2 Å². The molecule has 0 aromatic heterocycles. The van der Waals surface area contributed by atoms with Gasteiger partial charge < -0.3 is 10.4 Å². The molecule has 3 nitrogen and oxygen atoms in total. The number of rotatable bonds is 3. The normalized spacial score (nSPS) is 12.8. The summed E-state index contributed by atoms with van der Waals surface area (Å²) in [7, 11) is 0. The number of para-hydroxylation sites is 1. The number of halogens is 1. The molecule has 0 spiro atoms. The lowest BCUT2D eigenvalue weighted by Crippen LogP contribution is -2.15. The molecule has 21 heavy (non-hydrogen) atoms. The second kappa shape index (κ2) is 5.50. The van der Waals surface area contributed by atoms with E-state index in [1.165, 1.54) is 12.1 Å². The van der Waals surface area contributed by atoms with Gasteiger partial charge in [-0.15, -0.1) is 0 Å². The van der Waals surface area contributed by atoms with E-state index in [-0.39, 0.29) is 18.3 Å². The topological polar surface area (TPSA) is 49.3 Å². The molecule has 2 aromatic carbocycles. The van der Waals surface area contributed by atoms with Crippen molar-refractivity contribution in [2.75, 3.05) is 5.32 Å². The van der Waals surface area contributed by atoms with E-state index in [4.69, 9.17) is 0 Å². The summed E-state index contributed by atoms with van der Waals surface area (Å²) in [6.45, 7) is -0.138. The number of benzene rings is 2. The Morgan fingerprint density at radius 3 is 2.86 bits per heavy atom. The molecule has 0 unspecified atom stereocenters. The lowest BCUT2D eigenvalue weighted by Gasteiger charge is -2.09. The number of carbonyl (C=O) groups is 1. The summed E-state index contributed by atoms with van der Waals surface area (Å²) >= 11 is 0. The first-order chi connectivity index (χ1) is 10.2. The largest absolute Gasteiger partial charge is 0.392 e. The fourth-order valence-electron chi connectivity index (χ4n) is 2.43. The summed E-state index contributed by atoms with van der Waals surface area (Å²) in [5, 5.41) is 12.1. The van der Waals surface area contributed by atoms with Crippen LogP contribution in [-0.4, -0.2) is 11.0 Å². The molecule has 0 aliphatic heterocycles. The van der Waals surface area contributed by atoms with Crippen LogP contribution in [0.4, 0.5) is 10.1 Å². The minimum absolute atomic E-state index is 0.138. The Balaban J connectivity index is 1.80. The number of aliphatic hydroxyl groups excluding tert-OH is 1. The maximum atomic E-state index is 13.2. The molecule has 1 aliphatic rings. The Kier molecular flexibility index (Phi) is 3.54. The first kappa shape index (κ1) is 13.5. The number of anilines is 1. The van der Waals surface area contributed by atoms with Crippen molar-refractivity contribution in [3.8, 4) is 0 Å². The second-order valence-electron chi connectivity index (χ2n) is 4.96. The van der Waals surface area contributed by atoms with Gasteiger partial charge in [-0.25, -0.2) is 4.39 Å². The van der Waals surface area contributed by atoms with E-state index < -0.39 is 0 Å². The van der Waals surface area contributed by atoms with E-state index in [2.05, 4.69) is 5.32 Å². The number of nitrogens with one attached hydrogen (secondary N) is 1. The molecule has 2 aromatic rings. The van der Waals surface area contributed by atoms with Gasteiger partial charge in [0.1, 0.15) is 5.82 Å². The molecule has 0 radical (unpaired) electrons. The molecule has 1 aliphatic carbocycles. The van der Waals surface area contributed by atoms with Crippen LogP contribution in [0.5, 0.6) is 0 Å². The molecule has 0 atom stereocenters. The van der Waals surface area contributed by atoms with Crippen molar-refractivity contribution < 1.29 is 14.3 Å². The first-order valence-electron chi connectivity index (χ1n) is 6.66. The summed E-state index contributed by atoms with van der Waals surface area (Å²) in [4.78, 5) is 12.3. The Morgan fingerprint density at radius 1 is 1.24 bits per heavy atom. The van der Waals surface area contributed by atoms with Crippen molar-refractivity contribution in [2.45, 2.75) is 13.0 Å². The molecule has 3 rings (SSSR count). The van der Waals surface area contributed by atoms with Gasteiger partial charge in [-0.05, 0) is 35.4 Å². The molecule has 2 N–H and O–H groups in total. The Labute approximate surface area is 121 Å². The van der Waals surface area contributed by atoms with E-state index in [1.54, 1.807) is 36.4 Å². The van der Waals surface area contributed by atoms with Gasteiger partial charge in [0.2, 0.25) is 0 Å². The summed E-state index contributed by atoms with van der Waals surface area (Å²) in [5.41, 5.74) is 3.52. The summed E-state index contributed by atoms with van der Waals surface area (Å²) < 4.78 is 13.2. The Morgan fingerprint density at radius 2 is 2.05 bits per heavy atom. The maximum absolute atomic E-state index is 13.2. The van der Waals surface area contributed by atoms with Crippen LogP contribution in [-0.2, 0) is 17.8 Å². The van der Waals surface area contributed by atoms with Gasteiger partial charge in [0.05, 0.1) is 6.61 Å². The van der Waals surface area contributed by atoms with Gasteiger partial charge in [0, 0.05) is 23.2 Å². The summed E-state index contributed by atoms with van der Waals surface area (Å²) in [6, 6.07) is 11.6. The van der Waals surface area contributed by atoms with Crippen LogP contribution in [0.2, 0.25) is 0 Å². The van der Waals surface area contributed by atoms with Gasteiger partial charge in [0.15, 0.2) is 0 Å². The highest BCUT2D eigenvalue weighted by Crippen LogP contribution is 2.27.